The average Bonchev–Trinajstić information content (AvgIpc) is 3.09. The fourth-order valence-electron chi connectivity index (χ4n) is 3.07. The van der Waals surface area contributed by atoms with Gasteiger partial charge >= 0.3 is 0 Å². The Bertz CT molecular complexity index is 922. The Morgan fingerprint density at radius 2 is 1.81 bits per heavy atom. The van der Waals surface area contributed by atoms with Crippen LogP contribution in [0.1, 0.15) is 11.1 Å². The lowest BCUT2D eigenvalue weighted by molar-refractivity contribution is -0.119. The molecule has 1 atom stereocenters. The molecule has 0 bridgehead atoms. The zero-order chi connectivity index (χ0) is 17.9. The van der Waals surface area contributed by atoms with Crippen LogP contribution in [-0.2, 0) is 17.6 Å². The molecule has 130 valence electrons. The van der Waals surface area contributed by atoms with Crippen LogP contribution in [0.5, 0.6) is 11.5 Å². The number of aromatic nitrogens is 2. The number of halogens is 1. The zero-order valence-corrected chi connectivity index (χ0v) is 14.6. The molecule has 5 nitrogen and oxygen atoms in total. The van der Waals surface area contributed by atoms with Crippen LogP contribution in [0, 0.1) is 5.92 Å². The fraction of sp³-hybridized carbons (Fsp3) is 0.150. The van der Waals surface area contributed by atoms with E-state index in [0.717, 1.165) is 12.0 Å². The van der Waals surface area contributed by atoms with Gasteiger partial charge in [-0.05, 0) is 60.4 Å². The molecule has 1 aliphatic rings. The van der Waals surface area contributed by atoms with Crippen LogP contribution in [0.2, 0.25) is 5.02 Å². The second-order valence-corrected chi connectivity index (χ2v) is 6.58. The number of rotatable bonds is 4. The summed E-state index contributed by atoms with van der Waals surface area (Å²) in [4.78, 5) is 20.6. The van der Waals surface area contributed by atoms with Gasteiger partial charge in [0, 0.05) is 36.4 Å². The smallest absolute Gasteiger partial charge is 0.228 e. The van der Waals surface area contributed by atoms with Gasteiger partial charge in [0.1, 0.15) is 11.5 Å². The SMILES string of the molecule is O=C(Nc1ccc(Oc2ccncc2)c(Cl)c1)C1Cc2ccncc2C1. The molecule has 1 unspecified atom stereocenters. The van der Waals surface area contributed by atoms with Crippen LogP contribution in [0.15, 0.2) is 61.2 Å². The van der Waals surface area contributed by atoms with E-state index in [1.165, 1.54) is 5.56 Å². The van der Waals surface area contributed by atoms with Gasteiger partial charge in [0.15, 0.2) is 0 Å². The van der Waals surface area contributed by atoms with Gasteiger partial charge in [0.25, 0.3) is 0 Å². The third-order valence-electron chi connectivity index (χ3n) is 4.38. The Morgan fingerprint density at radius 3 is 2.58 bits per heavy atom. The van der Waals surface area contributed by atoms with E-state index in [-0.39, 0.29) is 11.8 Å². The molecule has 6 heteroatoms. The number of nitrogens with one attached hydrogen (secondary N) is 1. The summed E-state index contributed by atoms with van der Waals surface area (Å²) in [6.45, 7) is 0. The summed E-state index contributed by atoms with van der Waals surface area (Å²) >= 11 is 6.30. The number of hydrogen-bond acceptors (Lipinski definition) is 4. The molecule has 3 aromatic rings. The highest BCUT2D eigenvalue weighted by molar-refractivity contribution is 6.32. The molecule has 0 radical (unpaired) electrons. The Balaban J connectivity index is 1.43. The quantitative estimate of drug-likeness (QED) is 0.749. The number of hydrogen-bond donors (Lipinski definition) is 1. The Hall–Kier alpha value is -2.92. The summed E-state index contributed by atoms with van der Waals surface area (Å²) in [5.74, 6) is 1.08. The van der Waals surface area contributed by atoms with Gasteiger partial charge in [0.05, 0.1) is 5.02 Å². The van der Waals surface area contributed by atoms with Crippen LogP contribution in [0.25, 0.3) is 0 Å². The van der Waals surface area contributed by atoms with Crippen molar-refractivity contribution in [3.8, 4) is 11.5 Å². The maximum absolute atomic E-state index is 12.6. The van der Waals surface area contributed by atoms with Crippen molar-refractivity contribution in [3.05, 3.63) is 77.3 Å². The Morgan fingerprint density at radius 1 is 1.04 bits per heavy atom. The molecule has 0 fully saturated rings. The molecule has 1 N–H and O–H groups in total. The molecule has 1 amide bonds. The first-order chi connectivity index (χ1) is 12.7. The summed E-state index contributed by atoms with van der Waals surface area (Å²) in [5.41, 5.74) is 2.99. The molecule has 0 saturated carbocycles. The molecular weight excluding hydrogens is 350 g/mol. The second kappa shape index (κ2) is 7.14. The summed E-state index contributed by atoms with van der Waals surface area (Å²) in [5, 5.41) is 3.37. The van der Waals surface area contributed by atoms with E-state index in [1.807, 2.05) is 12.3 Å². The van der Waals surface area contributed by atoms with Crippen molar-refractivity contribution < 1.29 is 9.53 Å². The number of benzene rings is 1. The van der Waals surface area contributed by atoms with Crippen LogP contribution >= 0.6 is 11.6 Å². The van der Waals surface area contributed by atoms with E-state index in [9.17, 15) is 4.79 Å². The van der Waals surface area contributed by atoms with Crippen LogP contribution in [-0.4, -0.2) is 15.9 Å². The number of fused-ring (bicyclic) bond motifs is 1. The van der Waals surface area contributed by atoms with Crippen molar-refractivity contribution >= 4 is 23.2 Å². The van der Waals surface area contributed by atoms with Gasteiger partial charge in [-0.25, -0.2) is 0 Å². The first-order valence-corrected chi connectivity index (χ1v) is 8.67. The number of carbonyl (C=O) groups excluding carboxylic acids is 1. The minimum Gasteiger partial charge on any atom is -0.456 e. The predicted octanol–water partition coefficient (Wildman–Crippen LogP) is 4.28. The van der Waals surface area contributed by atoms with Crippen LogP contribution in [0.3, 0.4) is 0 Å². The summed E-state index contributed by atoms with van der Waals surface area (Å²) in [7, 11) is 0. The van der Waals surface area contributed by atoms with E-state index < -0.39 is 0 Å². The molecule has 1 aromatic carbocycles. The molecule has 26 heavy (non-hydrogen) atoms. The van der Waals surface area contributed by atoms with Crippen LogP contribution in [0.4, 0.5) is 5.69 Å². The van der Waals surface area contributed by atoms with Gasteiger partial charge in [-0.3, -0.25) is 14.8 Å². The number of amides is 1. The van der Waals surface area contributed by atoms with E-state index in [1.54, 1.807) is 48.9 Å². The Labute approximate surface area is 156 Å². The largest absolute Gasteiger partial charge is 0.456 e. The molecule has 4 rings (SSSR count). The third kappa shape index (κ3) is 3.53. The number of nitrogens with zero attached hydrogens (tertiary/aromatic N) is 2. The van der Waals surface area contributed by atoms with E-state index >= 15 is 0 Å². The van der Waals surface area contributed by atoms with Gasteiger partial charge in [0.2, 0.25) is 5.91 Å². The first kappa shape index (κ1) is 16.5. The van der Waals surface area contributed by atoms with Gasteiger partial charge in [-0.1, -0.05) is 11.6 Å². The van der Waals surface area contributed by atoms with Crippen molar-refractivity contribution in [2.75, 3.05) is 5.32 Å². The minimum absolute atomic E-state index is 0.0138. The van der Waals surface area contributed by atoms with Gasteiger partial charge < -0.3 is 10.1 Å². The zero-order valence-electron chi connectivity index (χ0n) is 13.9. The van der Waals surface area contributed by atoms with Crippen LogP contribution < -0.4 is 10.1 Å². The third-order valence-corrected chi connectivity index (χ3v) is 4.68. The number of pyridine rings is 2. The highest BCUT2D eigenvalue weighted by atomic mass is 35.5. The van der Waals surface area contributed by atoms with Crippen molar-refractivity contribution in [1.82, 2.24) is 9.97 Å². The van der Waals surface area contributed by atoms with Crippen molar-refractivity contribution in [2.24, 2.45) is 5.92 Å². The van der Waals surface area contributed by atoms with E-state index in [2.05, 4.69) is 15.3 Å². The maximum atomic E-state index is 12.6. The number of anilines is 1. The monoisotopic (exact) mass is 365 g/mol. The van der Waals surface area contributed by atoms with Crippen molar-refractivity contribution in [3.63, 3.8) is 0 Å². The van der Waals surface area contributed by atoms with E-state index in [4.69, 9.17) is 16.3 Å². The summed E-state index contributed by atoms with van der Waals surface area (Å²) in [6.07, 6.45) is 8.34. The highest BCUT2D eigenvalue weighted by Crippen LogP contribution is 2.32. The molecule has 0 spiro atoms. The lowest BCUT2D eigenvalue weighted by Crippen LogP contribution is -2.23. The van der Waals surface area contributed by atoms with Crippen molar-refractivity contribution in [1.29, 1.82) is 0 Å². The minimum atomic E-state index is -0.0827. The number of ether oxygens (including phenoxy) is 1. The van der Waals surface area contributed by atoms with E-state index in [0.29, 0.717) is 28.6 Å². The first-order valence-electron chi connectivity index (χ1n) is 8.29. The molecule has 0 saturated heterocycles. The lowest BCUT2D eigenvalue weighted by Gasteiger charge is -2.12. The van der Waals surface area contributed by atoms with Gasteiger partial charge in [-0.2, -0.15) is 0 Å². The lowest BCUT2D eigenvalue weighted by atomic mass is 10.1. The maximum Gasteiger partial charge on any atom is 0.228 e. The average molecular weight is 366 g/mol. The topological polar surface area (TPSA) is 64.1 Å². The van der Waals surface area contributed by atoms with Crippen molar-refractivity contribution in [2.45, 2.75) is 12.8 Å². The van der Waals surface area contributed by atoms with Gasteiger partial charge in [-0.15, -0.1) is 0 Å². The molecule has 0 aliphatic heterocycles. The normalized spacial score (nSPS) is 15.3. The fourth-order valence-corrected chi connectivity index (χ4v) is 3.29. The summed E-state index contributed by atoms with van der Waals surface area (Å²) < 4.78 is 5.72. The molecule has 2 heterocycles. The molecular formula is C20H16ClN3O2. The Kier molecular flexibility index (Phi) is 4.54. The highest BCUT2D eigenvalue weighted by Gasteiger charge is 2.27. The number of carbonyl (C=O) groups is 1. The second-order valence-electron chi connectivity index (χ2n) is 6.17. The molecule has 2 aromatic heterocycles. The summed E-state index contributed by atoms with van der Waals surface area (Å²) in [6, 6.07) is 10.7. The molecule has 1 aliphatic carbocycles. The standard InChI is InChI=1S/C20H16ClN3O2/c21-18-11-16(1-2-19(18)26-17-4-7-22-8-5-17)24-20(25)14-9-13-3-6-23-12-15(13)10-14/h1-8,11-12,14H,9-10H2,(H,24,25). The predicted molar refractivity (Wildman–Crippen MR) is 99.5 cm³/mol.